The van der Waals surface area contributed by atoms with Crippen molar-refractivity contribution in [2.75, 3.05) is 25.2 Å². The topological polar surface area (TPSA) is 29.5 Å². The molecular weight excluding hydrogens is 282 g/mol. The maximum absolute atomic E-state index is 10.8. The summed E-state index contributed by atoms with van der Waals surface area (Å²) in [6.45, 7) is 5.79. The van der Waals surface area contributed by atoms with Crippen molar-refractivity contribution in [2.24, 2.45) is 0 Å². The largest absolute Gasteiger partial charge is 0.383 e. The number of rotatable bonds is 6. The first kappa shape index (κ1) is 14.2. The second-order valence-corrected chi connectivity index (χ2v) is 4.96. The fourth-order valence-electron chi connectivity index (χ4n) is 1.67. The summed E-state index contributed by atoms with van der Waals surface area (Å²) in [5.41, 5.74) is 1.76. The monoisotopic (exact) mass is 299 g/mol. The first-order chi connectivity index (χ1) is 8.10. The number of nitrogens with zero attached hydrogens (tertiary/aromatic N) is 1. The average Bonchev–Trinajstić information content (AvgIpc) is 2.29. The van der Waals surface area contributed by atoms with Crippen LogP contribution in [0.3, 0.4) is 0 Å². The molecule has 17 heavy (non-hydrogen) atoms. The Morgan fingerprint density at radius 3 is 2.65 bits per heavy atom. The number of benzene rings is 1. The van der Waals surface area contributed by atoms with Crippen molar-refractivity contribution in [3.05, 3.63) is 28.2 Å². The van der Waals surface area contributed by atoms with E-state index in [1.165, 1.54) is 0 Å². The minimum Gasteiger partial charge on any atom is -0.383 e. The number of halogens is 1. The SMILES string of the molecule is COCCN(c1ccc(C=O)c(Br)c1)C(C)C. The van der Waals surface area contributed by atoms with Gasteiger partial charge < -0.3 is 9.64 Å². The minimum atomic E-state index is 0.388. The summed E-state index contributed by atoms with van der Waals surface area (Å²) < 4.78 is 5.94. The first-order valence-corrected chi connectivity index (χ1v) is 6.39. The van der Waals surface area contributed by atoms with Gasteiger partial charge >= 0.3 is 0 Å². The number of methoxy groups -OCH3 is 1. The molecule has 4 heteroatoms. The molecule has 0 aliphatic heterocycles. The molecule has 0 radical (unpaired) electrons. The maximum Gasteiger partial charge on any atom is 0.151 e. The Morgan fingerprint density at radius 2 is 2.18 bits per heavy atom. The number of anilines is 1. The molecule has 0 saturated heterocycles. The zero-order chi connectivity index (χ0) is 12.8. The average molecular weight is 300 g/mol. The standard InChI is InChI=1S/C13H18BrNO2/c1-10(2)15(6-7-17-3)12-5-4-11(9-16)13(14)8-12/h4-5,8-10H,6-7H2,1-3H3. The molecule has 0 fully saturated rings. The summed E-state index contributed by atoms with van der Waals surface area (Å²) in [5.74, 6) is 0. The van der Waals surface area contributed by atoms with Crippen molar-refractivity contribution in [2.45, 2.75) is 19.9 Å². The van der Waals surface area contributed by atoms with Crippen LogP contribution in [0, 0.1) is 0 Å². The number of carbonyl (C=O) groups is 1. The lowest BCUT2D eigenvalue weighted by Gasteiger charge is -2.29. The Morgan fingerprint density at radius 1 is 1.47 bits per heavy atom. The smallest absolute Gasteiger partial charge is 0.151 e. The van der Waals surface area contributed by atoms with E-state index in [1.54, 1.807) is 7.11 Å². The van der Waals surface area contributed by atoms with E-state index < -0.39 is 0 Å². The lowest BCUT2D eigenvalue weighted by atomic mass is 10.2. The van der Waals surface area contributed by atoms with E-state index in [0.717, 1.165) is 23.0 Å². The number of hydrogen-bond donors (Lipinski definition) is 0. The van der Waals surface area contributed by atoms with Gasteiger partial charge in [-0.2, -0.15) is 0 Å². The molecule has 1 aromatic carbocycles. The van der Waals surface area contributed by atoms with Crippen LogP contribution in [0.4, 0.5) is 5.69 Å². The van der Waals surface area contributed by atoms with E-state index in [4.69, 9.17) is 4.74 Å². The molecular formula is C13H18BrNO2. The highest BCUT2D eigenvalue weighted by molar-refractivity contribution is 9.10. The summed E-state index contributed by atoms with van der Waals surface area (Å²) in [7, 11) is 1.70. The molecule has 1 rings (SSSR count). The first-order valence-electron chi connectivity index (χ1n) is 5.60. The quantitative estimate of drug-likeness (QED) is 0.756. The van der Waals surface area contributed by atoms with Gasteiger partial charge in [0.2, 0.25) is 0 Å². The Kier molecular flexibility index (Phi) is 5.65. The van der Waals surface area contributed by atoms with Crippen LogP contribution in [0.5, 0.6) is 0 Å². The Labute approximate surface area is 111 Å². The third-order valence-electron chi connectivity index (χ3n) is 2.60. The van der Waals surface area contributed by atoms with Gasteiger partial charge in [0.1, 0.15) is 0 Å². The van der Waals surface area contributed by atoms with Gasteiger partial charge in [0.25, 0.3) is 0 Å². The molecule has 0 heterocycles. The molecule has 1 aromatic rings. The summed E-state index contributed by atoms with van der Waals surface area (Å²) in [6, 6.07) is 6.15. The van der Waals surface area contributed by atoms with Crippen LogP contribution in [0.1, 0.15) is 24.2 Å². The molecule has 0 amide bonds. The van der Waals surface area contributed by atoms with Crippen LogP contribution in [-0.4, -0.2) is 32.6 Å². The van der Waals surface area contributed by atoms with Gasteiger partial charge in [-0.25, -0.2) is 0 Å². The third-order valence-corrected chi connectivity index (χ3v) is 3.29. The van der Waals surface area contributed by atoms with Crippen LogP contribution in [-0.2, 0) is 4.74 Å². The van der Waals surface area contributed by atoms with E-state index >= 15 is 0 Å². The summed E-state index contributed by atoms with van der Waals surface area (Å²) >= 11 is 3.40. The van der Waals surface area contributed by atoms with Crippen molar-refractivity contribution in [1.82, 2.24) is 0 Å². The molecule has 0 atom stereocenters. The third kappa shape index (κ3) is 3.82. The van der Waals surface area contributed by atoms with Gasteiger partial charge in [-0.15, -0.1) is 0 Å². The van der Waals surface area contributed by atoms with Crippen molar-refractivity contribution in [1.29, 1.82) is 0 Å². The van der Waals surface area contributed by atoms with Crippen LogP contribution < -0.4 is 4.90 Å². The molecule has 0 bridgehead atoms. The van der Waals surface area contributed by atoms with E-state index in [2.05, 4.69) is 34.7 Å². The highest BCUT2D eigenvalue weighted by atomic mass is 79.9. The maximum atomic E-state index is 10.8. The van der Waals surface area contributed by atoms with E-state index in [1.807, 2.05) is 18.2 Å². The van der Waals surface area contributed by atoms with Crippen molar-refractivity contribution in [3.8, 4) is 0 Å². The predicted molar refractivity (Wildman–Crippen MR) is 73.9 cm³/mol. The fourth-order valence-corrected chi connectivity index (χ4v) is 2.13. The zero-order valence-electron chi connectivity index (χ0n) is 10.4. The molecule has 0 saturated carbocycles. The van der Waals surface area contributed by atoms with Crippen LogP contribution in [0.25, 0.3) is 0 Å². The van der Waals surface area contributed by atoms with E-state index in [9.17, 15) is 4.79 Å². The summed E-state index contributed by atoms with van der Waals surface area (Å²) in [4.78, 5) is 13.0. The molecule has 0 spiro atoms. The molecule has 0 aliphatic carbocycles. The van der Waals surface area contributed by atoms with Gasteiger partial charge in [0.05, 0.1) is 6.61 Å². The van der Waals surface area contributed by atoms with Gasteiger partial charge in [0.15, 0.2) is 6.29 Å². The highest BCUT2D eigenvalue weighted by Gasteiger charge is 2.11. The Balaban J connectivity index is 2.94. The Hall–Kier alpha value is -0.870. The number of hydrogen-bond acceptors (Lipinski definition) is 3. The summed E-state index contributed by atoms with van der Waals surface area (Å²) in [5, 5.41) is 0. The number of carbonyl (C=O) groups excluding carboxylic acids is 1. The number of aldehydes is 1. The second-order valence-electron chi connectivity index (χ2n) is 4.10. The molecule has 0 aliphatic rings. The van der Waals surface area contributed by atoms with Gasteiger partial charge in [0, 0.05) is 35.4 Å². The molecule has 0 unspecified atom stereocenters. The van der Waals surface area contributed by atoms with E-state index in [0.29, 0.717) is 18.2 Å². The molecule has 94 valence electrons. The van der Waals surface area contributed by atoms with Crippen LogP contribution in [0.2, 0.25) is 0 Å². The van der Waals surface area contributed by atoms with Crippen molar-refractivity contribution < 1.29 is 9.53 Å². The molecule has 0 N–H and O–H groups in total. The Bertz CT molecular complexity index is 380. The lowest BCUT2D eigenvalue weighted by molar-refractivity contribution is 0.112. The predicted octanol–water partition coefficient (Wildman–Crippen LogP) is 3.12. The van der Waals surface area contributed by atoms with Crippen LogP contribution >= 0.6 is 15.9 Å². The summed E-state index contributed by atoms with van der Waals surface area (Å²) in [6.07, 6.45) is 0.850. The molecule has 0 aromatic heterocycles. The highest BCUT2D eigenvalue weighted by Crippen LogP contribution is 2.24. The van der Waals surface area contributed by atoms with Gasteiger partial charge in [-0.3, -0.25) is 4.79 Å². The second kappa shape index (κ2) is 6.77. The van der Waals surface area contributed by atoms with E-state index in [-0.39, 0.29) is 0 Å². The minimum absolute atomic E-state index is 0.388. The molecule has 3 nitrogen and oxygen atoms in total. The lowest BCUT2D eigenvalue weighted by Crippen LogP contribution is -2.33. The normalized spacial score (nSPS) is 10.6. The fraction of sp³-hybridized carbons (Fsp3) is 0.462. The van der Waals surface area contributed by atoms with Gasteiger partial charge in [-0.1, -0.05) is 0 Å². The van der Waals surface area contributed by atoms with Gasteiger partial charge in [-0.05, 0) is 48.0 Å². The zero-order valence-corrected chi connectivity index (χ0v) is 12.0. The number of ether oxygens (including phenoxy) is 1. The van der Waals surface area contributed by atoms with Crippen molar-refractivity contribution >= 4 is 27.9 Å². The van der Waals surface area contributed by atoms with Crippen LogP contribution in [0.15, 0.2) is 22.7 Å². The van der Waals surface area contributed by atoms with Crippen molar-refractivity contribution in [3.63, 3.8) is 0 Å².